The Bertz CT molecular complexity index is 581. The fourth-order valence-electron chi connectivity index (χ4n) is 3.01. The molecule has 0 spiro atoms. The van der Waals surface area contributed by atoms with Crippen LogP contribution in [-0.2, 0) is 19.0 Å². The van der Waals surface area contributed by atoms with Crippen LogP contribution < -0.4 is 0 Å². The molecule has 0 aliphatic carbocycles. The van der Waals surface area contributed by atoms with Gasteiger partial charge in [0, 0.05) is 25.0 Å². The van der Waals surface area contributed by atoms with E-state index in [4.69, 9.17) is 14.2 Å². The molecule has 0 bridgehead atoms. The predicted octanol–water partition coefficient (Wildman–Crippen LogP) is 3.16. The maximum absolute atomic E-state index is 12.2. The van der Waals surface area contributed by atoms with Gasteiger partial charge in [-0.1, -0.05) is 43.0 Å². The fraction of sp³-hybridized carbons (Fsp3) is 0.450. The van der Waals surface area contributed by atoms with Crippen molar-refractivity contribution in [2.24, 2.45) is 5.92 Å². The van der Waals surface area contributed by atoms with Gasteiger partial charge < -0.3 is 19.3 Å². The van der Waals surface area contributed by atoms with Crippen molar-refractivity contribution < 1.29 is 24.1 Å². The topological polar surface area (TPSA) is 65.0 Å². The zero-order chi connectivity index (χ0) is 18.1. The van der Waals surface area contributed by atoms with Crippen LogP contribution in [0.15, 0.2) is 54.8 Å². The number of hydrogen-bond acceptors (Lipinski definition) is 5. The smallest absolute Gasteiger partial charge is 0.373 e. The number of benzene rings is 1. The Morgan fingerprint density at radius 3 is 2.76 bits per heavy atom. The zero-order valence-corrected chi connectivity index (χ0v) is 14.6. The van der Waals surface area contributed by atoms with E-state index in [1.807, 2.05) is 37.3 Å². The van der Waals surface area contributed by atoms with Crippen molar-refractivity contribution in [1.82, 2.24) is 0 Å². The number of aliphatic hydroxyl groups is 1. The first-order valence-electron chi connectivity index (χ1n) is 8.65. The van der Waals surface area contributed by atoms with E-state index in [0.717, 1.165) is 12.0 Å². The van der Waals surface area contributed by atoms with Crippen molar-refractivity contribution in [3.05, 3.63) is 60.4 Å². The molecule has 3 atom stereocenters. The molecule has 1 aromatic rings. The maximum Gasteiger partial charge on any atom is 0.373 e. The minimum atomic E-state index is -0.557. The summed E-state index contributed by atoms with van der Waals surface area (Å²) < 4.78 is 16.7. The lowest BCUT2D eigenvalue weighted by Gasteiger charge is -2.36. The molecule has 1 unspecified atom stereocenters. The highest BCUT2D eigenvalue weighted by Gasteiger charge is 2.38. The third kappa shape index (κ3) is 5.18. The van der Waals surface area contributed by atoms with E-state index in [1.54, 1.807) is 6.08 Å². The van der Waals surface area contributed by atoms with Gasteiger partial charge in [-0.2, -0.15) is 0 Å². The SMILES string of the molecule is C=CCOC(=O)C1=C[C@H](c2ccccc2)[C@H](CCCO)C(OCC)O1. The summed E-state index contributed by atoms with van der Waals surface area (Å²) in [7, 11) is 0. The van der Waals surface area contributed by atoms with Crippen LogP contribution in [0.2, 0.25) is 0 Å². The number of hydrogen-bond donors (Lipinski definition) is 1. The van der Waals surface area contributed by atoms with Gasteiger partial charge in [-0.05, 0) is 31.4 Å². The van der Waals surface area contributed by atoms with Gasteiger partial charge in [0.2, 0.25) is 12.0 Å². The van der Waals surface area contributed by atoms with Crippen LogP contribution in [0.5, 0.6) is 0 Å². The number of allylic oxidation sites excluding steroid dienone is 1. The molecule has 2 rings (SSSR count). The Labute approximate surface area is 148 Å². The molecular weight excluding hydrogens is 320 g/mol. The lowest BCUT2D eigenvalue weighted by Crippen LogP contribution is -2.36. The molecule has 5 nitrogen and oxygen atoms in total. The molecule has 0 radical (unpaired) electrons. The van der Waals surface area contributed by atoms with Crippen LogP contribution in [0.1, 0.15) is 31.2 Å². The lowest BCUT2D eigenvalue weighted by molar-refractivity contribution is -0.175. The molecule has 1 aliphatic rings. The summed E-state index contributed by atoms with van der Waals surface area (Å²) >= 11 is 0. The quantitative estimate of drug-likeness (QED) is 0.550. The average Bonchev–Trinajstić information content (AvgIpc) is 2.65. The summed E-state index contributed by atoms with van der Waals surface area (Å²) in [4.78, 5) is 12.2. The summed E-state index contributed by atoms with van der Waals surface area (Å²) in [6, 6.07) is 9.93. The average molecular weight is 346 g/mol. The third-order valence-corrected chi connectivity index (χ3v) is 4.13. The van der Waals surface area contributed by atoms with E-state index in [-0.39, 0.29) is 30.8 Å². The van der Waals surface area contributed by atoms with Crippen LogP contribution >= 0.6 is 0 Å². The molecule has 1 N–H and O–H groups in total. The van der Waals surface area contributed by atoms with Gasteiger partial charge in [0.1, 0.15) is 6.61 Å². The Morgan fingerprint density at radius 1 is 1.36 bits per heavy atom. The van der Waals surface area contributed by atoms with E-state index < -0.39 is 12.3 Å². The largest absolute Gasteiger partial charge is 0.457 e. The Balaban J connectivity index is 2.34. The molecule has 1 aliphatic heterocycles. The first-order chi connectivity index (χ1) is 12.2. The summed E-state index contributed by atoms with van der Waals surface area (Å²) in [6.07, 6.45) is 4.13. The van der Waals surface area contributed by atoms with Gasteiger partial charge >= 0.3 is 5.97 Å². The predicted molar refractivity (Wildman–Crippen MR) is 94.7 cm³/mol. The molecule has 5 heteroatoms. The third-order valence-electron chi connectivity index (χ3n) is 4.13. The molecule has 0 amide bonds. The number of esters is 1. The van der Waals surface area contributed by atoms with Crippen molar-refractivity contribution >= 4 is 5.97 Å². The Kier molecular flexibility index (Phi) is 7.70. The first-order valence-corrected chi connectivity index (χ1v) is 8.65. The summed E-state index contributed by atoms with van der Waals surface area (Å²) in [5.41, 5.74) is 1.08. The minimum Gasteiger partial charge on any atom is -0.457 e. The second-order valence-electron chi connectivity index (χ2n) is 5.83. The van der Waals surface area contributed by atoms with Crippen molar-refractivity contribution in [2.45, 2.75) is 32.0 Å². The van der Waals surface area contributed by atoms with E-state index in [2.05, 4.69) is 6.58 Å². The second kappa shape index (κ2) is 10.0. The normalized spacial score (nSPS) is 22.6. The highest BCUT2D eigenvalue weighted by Crippen LogP contribution is 2.39. The lowest BCUT2D eigenvalue weighted by atomic mass is 9.80. The van der Waals surface area contributed by atoms with Crippen LogP contribution in [0.3, 0.4) is 0 Å². The van der Waals surface area contributed by atoms with Gasteiger partial charge in [-0.3, -0.25) is 0 Å². The molecular formula is C20H26O5. The molecule has 136 valence electrons. The zero-order valence-electron chi connectivity index (χ0n) is 14.6. The van der Waals surface area contributed by atoms with Crippen LogP contribution in [0.4, 0.5) is 0 Å². The van der Waals surface area contributed by atoms with Gasteiger partial charge in [0.15, 0.2) is 0 Å². The van der Waals surface area contributed by atoms with Crippen LogP contribution in [0, 0.1) is 5.92 Å². The standard InChI is InChI=1S/C20H26O5/c1-3-13-24-19(22)18-14-17(15-9-6-5-7-10-15)16(11-8-12-21)20(25-18)23-4-2/h3,5-7,9-10,14,16-17,20-21H,1,4,8,11-13H2,2H3/t16-,17+,20?/m0/s1. The van der Waals surface area contributed by atoms with E-state index >= 15 is 0 Å². The van der Waals surface area contributed by atoms with Crippen molar-refractivity contribution in [1.29, 1.82) is 0 Å². The van der Waals surface area contributed by atoms with Crippen molar-refractivity contribution in [2.75, 3.05) is 19.8 Å². The number of ether oxygens (including phenoxy) is 3. The monoisotopic (exact) mass is 346 g/mol. The van der Waals surface area contributed by atoms with Gasteiger partial charge in [0.05, 0.1) is 0 Å². The minimum absolute atomic E-state index is 0.00505. The van der Waals surface area contributed by atoms with Gasteiger partial charge in [-0.15, -0.1) is 0 Å². The van der Waals surface area contributed by atoms with Crippen LogP contribution in [-0.4, -0.2) is 37.2 Å². The summed E-state index contributed by atoms with van der Waals surface area (Å²) in [5.74, 6) is -0.407. The highest BCUT2D eigenvalue weighted by atomic mass is 16.7. The maximum atomic E-state index is 12.2. The molecule has 1 heterocycles. The second-order valence-corrected chi connectivity index (χ2v) is 5.83. The van der Waals surface area contributed by atoms with Gasteiger partial charge in [0.25, 0.3) is 0 Å². The first kappa shape index (κ1) is 19.2. The van der Waals surface area contributed by atoms with Crippen LogP contribution in [0.25, 0.3) is 0 Å². The van der Waals surface area contributed by atoms with Crippen molar-refractivity contribution in [3.8, 4) is 0 Å². The molecule has 25 heavy (non-hydrogen) atoms. The molecule has 0 aromatic heterocycles. The Morgan fingerprint density at radius 2 is 2.12 bits per heavy atom. The Hall–Kier alpha value is -2.11. The van der Waals surface area contributed by atoms with E-state index in [9.17, 15) is 9.90 Å². The van der Waals surface area contributed by atoms with Gasteiger partial charge in [-0.25, -0.2) is 4.79 Å². The van der Waals surface area contributed by atoms with Crippen molar-refractivity contribution in [3.63, 3.8) is 0 Å². The molecule has 0 saturated heterocycles. The molecule has 1 aromatic carbocycles. The van der Waals surface area contributed by atoms with E-state index in [1.165, 1.54) is 6.08 Å². The molecule has 0 fully saturated rings. The fourth-order valence-corrected chi connectivity index (χ4v) is 3.01. The molecule has 0 saturated carbocycles. The number of carbonyl (C=O) groups is 1. The number of aliphatic hydroxyl groups excluding tert-OH is 1. The van der Waals surface area contributed by atoms with E-state index in [0.29, 0.717) is 13.0 Å². The number of carbonyl (C=O) groups excluding carboxylic acids is 1. The summed E-state index contributed by atoms with van der Waals surface area (Å²) in [6.45, 7) is 6.13. The number of rotatable bonds is 9. The highest BCUT2D eigenvalue weighted by molar-refractivity contribution is 5.86. The summed E-state index contributed by atoms with van der Waals surface area (Å²) in [5, 5.41) is 9.23.